The SMILES string of the molecule is CCCCOC(=O)NC1CCN(C(=O)CNC(=O)c2cc(OCC(=O)N3CCCC3C(=O)NC3CCC3)n(-c3ccccc3)n2)CC1. The highest BCUT2D eigenvalue weighted by Crippen LogP contribution is 2.23. The number of benzene rings is 1. The summed E-state index contributed by atoms with van der Waals surface area (Å²) >= 11 is 0. The van der Waals surface area contributed by atoms with E-state index >= 15 is 0 Å². The highest BCUT2D eigenvalue weighted by Gasteiger charge is 2.36. The van der Waals surface area contributed by atoms with Gasteiger partial charge in [-0.15, -0.1) is 0 Å². The number of nitrogens with zero attached hydrogens (tertiary/aromatic N) is 4. The summed E-state index contributed by atoms with van der Waals surface area (Å²) in [6.07, 6.45) is 6.89. The molecule has 3 heterocycles. The van der Waals surface area contributed by atoms with Crippen molar-refractivity contribution in [3.63, 3.8) is 0 Å². The van der Waals surface area contributed by atoms with Crippen LogP contribution in [0.5, 0.6) is 5.88 Å². The molecule has 14 nitrogen and oxygen atoms in total. The third kappa shape index (κ3) is 9.01. The van der Waals surface area contributed by atoms with Crippen LogP contribution in [0.4, 0.5) is 4.79 Å². The number of ether oxygens (including phenoxy) is 2. The van der Waals surface area contributed by atoms with Crippen molar-refractivity contribution in [1.82, 2.24) is 35.5 Å². The van der Waals surface area contributed by atoms with Gasteiger partial charge in [0.15, 0.2) is 12.3 Å². The van der Waals surface area contributed by atoms with Crippen molar-refractivity contribution >= 4 is 29.7 Å². The van der Waals surface area contributed by atoms with E-state index in [9.17, 15) is 24.0 Å². The van der Waals surface area contributed by atoms with Crippen molar-refractivity contribution in [3.05, 3.63) is 42.1 Å². The number of rotatable bonds is 13. The van der Waals surface area contributed by atoms with E-state index in [4.69, 9.17) is 9.47 Å². The standard InChI is InChI=1S/C33H45N7O7/c1-2-3-19-46-33(45)36-24-14-17-38(18-15-24)28(41)21-34-31(43)26-20-30(40(37-26)25-11-5-4-6-12-25)47-22-29(42)39-16-8-13-27(39)32(44)35-23-9-7-10-23/h4-6,11-12,20,23-24,27H,2-3,7-10,13-19,21-22H2,1H3,(H,34,43)(H,35,44)(H,36,45). The zero-order valence-electron chi connectivity index (χ0n) is 26.9. The Labute approximate surface area is 274 Å². The fraction of sp³-hybridized carbons (Fsp3) is 0.576. The molecule has 2 saturated heterocycles. The van der Waals surface area contributed by atoms with E-state index in [1.807, 2.05) is 25.1 Å². The average Bonchev–Trinajstić information content (AvgIpc) is 3.73. The molecule has 2 aliphatic heterocycles. The molecule has 1 saturated carbocycles. The third-order valence-corrected chi connectivity index (χ3v) is 8.88. The maximum atomic E-state index is 13.2. The average molecular weight is 652 g/mol. The number of hydrogen-bond acceptors (Lipinski definition) is 8. The molecule has 0 bridgehead atoms. The molecule has 1 atom stereocenters. The zero-order valence-corrected chi connectivity index (χ0v) is 26.9. The van der Waals surface area contributed by atoms with E-state index in [0.717, 1.165) is 38.5 Å². The van der Waals surface area contributed by atoms with Crippen LogP contribution in [0.1, 0.15) is 75.2 Å². The minimum atomic E-state index is -0.567. The van der Waals surface area contributed by atoms with Crippen LogP contribution < -0.4 is 20.7 Å². The second-order valence-electron chi connectivity index (χ2n) is 12.3. The number of unbranched alkanes of at least 4 members (excludes halogenated alkanes) is 1. The Bertz CT molecular complexity index is 1400. The lowest BCUT2D eigenvalue weighted by molar-refractivity contribution is -0.140. The molecular formula is C33H45N7O7. The predicted molar refractivity (Wildman–Crippen MR) is 171 cm³/mol. The quantitative estimate of drug-likeness (QED) is 0.278. The van der Waals surface area contributed by atoms with E-state index < -0.39 is 18.0 Å². The molecule has 1 unspecified atom stereocenters. The van der Waals surface area contributed by atoms with Crippen LogP contribution in [0.3, 0.4) is 0 Å². The summed E-state index contributed by atoms with van der Waals surface area (Å²) in [7, 11) is 0. The number of aromatic nitrogens is 2. The molecule has 3 aliphatic rings. The maximum absolute atomic E-state index is 13.2. The molecule has 3 fully saturated rings. The Balaban J connectivity index is 1.14. The first-order chi connectivity index (χ1) is 22.8. The van der Waals surface area contributed by atoms with Gasteiger partial charge in [-0.1, -0.05) is 31.5 Å². The Morgan fingerprint density at radius 3 is 2.34 bits per heavy atom. The highest BCUT2D eigenvalue weighted by atomic mass is 16.5. The number of piperidine rings is 1. The lowest BCUT2D eigenvalue weighted by atomic mass is 9.93. The van der Waals surface area contributed by atoms with Crippen molar-refractivity contribution in [1.29, 1.82) is 0 Å². The third-order valence-electron chi connectivity index (χ3n) is 8.88. The normalized spacial score (nSPS) is 18.3. The number of carbonyl (C=O) groups is 5. The molecule has 3 N–H and O–H groups in total. The monoisotopic (exact) mass is 651 g/mol. The van der Waals surface area contributed by atoms with Crippen LogP contribution in [0.2, 0.25) is 0 Å². The van der Waals surface area contributed by atoms with Crippen molar-refractivity contribution in [2.24, 2.45) is 0 Å². The number of carbonyl (C=O) groups excluding carboxylic acids is 5. The number of likely N-dealkylation sites (tertiary alicyclic amines) is 2. The van der Waals surface area contributed by atoms with Crippen LogP contribution in [0.25, 0.3) is 5.69 Å². The van der Waals surface area contributed by atoms with Crippen molar-refractivity contribution < 1.29 is 33.4 Å². The number of para-hydroxylation sites is 1. The molecule has 2 aromatic rings. The van der Waals surface area contributed by atoms with Gasteiger partial charge in [0.05, 0.1) is 18.8 Å². The van der Waals surface area contributed by atoms with Gasteiger partial charge in [0, 0.05) is 37.8 Å². The molecule has 1 aromatic heterocycles. The highest BCUT2D eigenvalue weighted by molar-refractivity contribution is 5.95. The van der Waals surface area contributed by atoms with E-state index in [2.05, 4.69) is 21.0 Å². The first-order valence-electron chi connectivity index (χ1n) is 16.7. The van der Waals surface area contributed by atoms with Gasteiger partial charge in [-0.2, -0.15) is 5.10 Å². The molecule has 254 valence electrons. The Kier molecular flexibility index (Phi) is 11.7. The number of hydrogen-bond donors (Lipinski definition) is 3. The van der Waals surface area contributed by atoms with Gasteiger partial charge < -0.3 is 35.2 Å². The van der Waals surface area contributed by atoms with E-state index in [1.165, 1.54) is 10.7 Å². The van der Waals surface area contributed by atoms with E-state index in [-0.39, 0.29) is 54.5 Å². The summed E-state index contributed by atoms with van der Waals surface area (Å²) in [4.78, 5) is 67.1. The molecule has 0 spiro atoms. The molecule has 47 heavy (non-hydrogen) atoms. The smallest absolute Gasteiger partial charge is 0.407 e. The molecule has 14 heteroatoms. The second kappa shape index (κ2) is 16.3. The zero-order chi connectivity index (χ0) is 33.2. The largest absolute Gasteiger partial charge is 0.467 e. The van der Waals surface area contributed by atoms with Crippen LogP contribution in [0.15, 0.2) is 36.4 Å². The summed E-state index contributed by atoms with van der Waals surface area (Å²) in [6, 6.07) is 10.1. The first kappa shape index (κ1) is 33.7. The topological polar surface area (TPSA) is 164 Å². The minimum Gasteiger partial charge on any atom is -0.467 e. The van der Waals surface area contributed by atoms with Gasteiger partial charge in [0.2, 0.25) is 17.7 Å². The van der Waals surface area contributed by atoms with Crippen molar-refractivity contribution in [2.45, 2.75) is 82.8 Å². The molecule has 5 rings (SSSR count). The number of amides is 5. The first-order valence-corrected chi connectivity index (χ1v) is 16.7. The van der Waals surface area contributed by atoms with Gasteiger partial charge in [0.1, 0.15) is 6.04 Å². The maximum Gasteiger partial charge on any atom is 0.407 e. The Morgan fingerprint density at radius 1 is 0.894 bits per heavy atom. The minimum absolute atomic E-state index is 0.0209. The van der Waals surface area contributed by atoms with Crippen LogP contribution in [0, 0.1) is 0 Å². The molecule has 5 amide bonds. The van der Waals surface area contributed by atoms with Gasteiger partial charge in [-0.25, -0.2) is 9.48 Å². The Hall–Kier alpha value is -4.62. The van der Waals surface area contributed by atoms with Gasteiger partial charge in [-0.05, 0) is 63.5 Å². The summed E-state index contributed by atoms with van der Waals surface area (Å²) in [5, 5.41) is 12.9. The summed E-state index contributed by atoms with van der Waals surface area (Å²) in [5.74, 6) is -1.07. The van der Waals surface area contributed by atoms with Crippen LogP contribution in [-0.4, -0.2) is 107 Å². The van der Waals surface area contributed by atoms with E-state index in [1.54, 1.807) is 21.9 Å². The lowest BCUT2D eigenvalue weighted by Gasteiger charge is -2.32. The molecule has 1 aliphatic carbocycles. The Morgan fingerprint density at radius 2 is 1.64 bits per heavy atom. The van der Waals surface area contributed by atoms with Gasteiger partial charge in [-0.3, -0.25) is 19.2 Å². The van der Waals surface area contributed by atoms with Crippen molar-refractivity contribution in [3.8, 4) is 11.6 Å². The summed E-state index contributed by atoms with van der Waals surface area (Å²) in [6.45, 7) is 3.23. The van der Waals surface area contributed by atoms with Crippen LogP contribution >= 0.6 is 0 Å². The fourth-order valence-electron chi connectivity index (χ4n) is 5.89. The van der Waals surface area contributed by atoms with Gasteiger partial charge in [0.25, 0.3) is 11.8 Å². The summed E-state index contributed by atoms with van der Waals surface area (Å²) < 4.78 is 12.5. The molecule has 1 aromatic carbocycles. The van der Waals surface area contributed by atoms with Crippen molar-refractivity contribution in [2.75, 3.05) is 39.4 Å². The summed E-state index contributed by atoms with van der Waals surface area (Å²) in [5.41, 5.74) is 0.641. The second-order valence-corrected chi connectivity index (χ2v) is 12.3. The molecule has 0 radical (unpaired) electrons. The number of nitrogens with one attached hydrogen (secondary N) is 3. The fourth-order valence-corrected chi connectivity index (χ4v) is 5.89. The van der Waals surface area contributed by atoms with Crippen LogP contribution in [-0.2, 0) is 19.1 Å². The van der Waals surface area contributed by atoms with Gasteiger partial charge >= 0.3 is 6.09 Å². The predicted octanol–water partition coefficient (Wildman–Crippen LogP) is 2.16. The lowest BCUT2D eigenvalue weighted by Crippen LogP contribution is -2.51. The van der Waals surface area contributed by atoms with E-state index in [0.29, 0.717) is 51.2 Å². The number of alkyl carbamates (subject to hydrolysis) is 1. The molecular weight excluding hydrogens is 606 g/mol.